The Kier molecular flexibility index (Phi) is 4.76. The van der Waals surface area contributed by atoms with Crippen LogP contribution in [0.5, 0.6) is 5.75 Å². The average Bonchev–Trinajstić information content (AvgIpc) is 2.41. The highest BCUT2D eigenvalue weighted by atomic mass is 16.5. The van der Waals surface area contributed by atoms with Gasteiger partial charge in [0.05, 0.1) is 13.2 Å². The van der Waals surface area contributed by atoms with E-state index in [1.54, 1.807) is 12.1 Å². The van der Waals surface area contributed by atoms with Crippen molar-refractivity contribution in [2.45, 2.75) is 13.0 Å². The predicted octanol–water partition coefficient (Wildman–Crippen LogP) is 1.07. The molecular weight excluding hydrogens is 242 g/mol. The minimum absolute atomic E-state index is 0.0775. The molecule has 0 spiro atoms. The van der Waals surface area contributed by atoms with Crippen molar-refractivity contribution >= 4 is 5.84 Å². The number of ether oxygens (including phenoxy) is 2. The quantitative estimate of drug-likeness (QED) is 0.616. The van der Waals surface area contributed by atoms with E-state index >= 15 is 0 Å². The number of nitrogens with zero attached hydrogens (tertiary/aromatic N) is 1. The molecule has 0 radical (unpaired) electrons. The van der Waals surface area contributed by atoms with Gasteiger partial charge in [0, 0.05) is 24.7 Å². The van der Waals surface area contributed by atoms with Crippen molar-refractivity contribution in [3.05, 3.63) is 29.8 Å². The summed E-state index contributed by atoms with van der Waals surface area (Å²) in [4.78, 5) is 2.37. The van der Waals surface area contributed by atoms with Crippen LogP contribution in [-0.2, 0) is 4.74 Å². The van der Waals surface area contributed by atoms with Crippen LogP contribution >= 0.6 is 0 Å². The molecule has 1 saturated heterocycles. The number of rotatable bonds is 5. The van der Waals surface area contributed by atoms with E-state index in [0.717, 1.165) is 32.1 Å². The lowest BCUT2D eigenvalue weighted by Gasteiger charge is -2.32. The second-order valence-electron chi connectivity index (χ2n) is 4.75. The zero-order valence-electron chi connectivity index (χ0n) is 11.3. The van der Waals surface area contributed by atoms with Crippen LogP contribution < -0.4 is 10.5 Å². The lowest BCUT2D eigenvalue weighted by molar-refractivity contribution is -0.00514. The van der Waals surface area contributed by atoms with E-state index in [4.69, 9.17) is 20.6 Å². The maximum atomic E-state index is 7.32. The van der Waals surface area contributed by atoms with Crippen LogP contribution in [0.1, 0.15) is 12.5 Å². The molecule has 1 aliphatic heterocycles. The Hall–Kier alpha value is -1.59. The molecule has 3 N–H and O–H groups in total. The molecule has 0 bridgehead atoms. The summed E-state index contributed by atoms with van der Waals surface area (Å²) >= 11 is 0. The molecule has 0 aromatic heterocycles. The van der Waals surface area contributed by atoms with Gasteiger partial charge in [-0.15, -0.1) is 0 Å². The summed E-state index contributed by atoms with van der Waals surface area (Å²) in [5.41, 5.74) is 6.12. The molecule has 104 valence electrons. The molecule has 19 heavy (non-hydrogen) atoms. The summed E-state index contributed by atoms with van der Waals surface area (Å²) in [5, 5.41) is 7.32. The standard InChI is InChI=1S/C14H21N3O2/c1-11-10-18-8-6-17(11)7-9-19-13-4-2-12(3-5-13)14(15)16/h2-5,11H,6-10H2,1H3,(H3,15,16). The maximum absolute atomic E-state index is 7.32. The maximum Gasteiger partial charge on any atom is 0.122 e. The van der Waals surface area contributed by atoms with Gasteiger partial charge in [0.25, 0.3) is 0 Å². The van der Waals surface area contributed by atoms with Gasteiger partial charge < -0.3 is 15.2 Å². The number of hydrogen-bond acceptors (Lipinski definition) is 4. The Labute approximate surface area is 113 Å². The van der Waals surface area contributed by atoms with Gasteiger partial charge in [0.2, 0.25) is 0 Å². The molecule has 1 unspecified atom stereocenters. The van der Waals surface area contributed by atoms with Gasteiger partial charge in [-0.25, -0.2) is 0 Å². The summed E-state index contributed by atoms with van der Waals surface area (Å²) in [7, 11) is 0. The van der Waals surface area contributed by atoms with Crippen molar-refractivity contribution < 1.29 is 9.47 Å². The third-order valence-corrected chi connectivity index (χ3v) is 3.32. The number of morpholine rings is 1. The molecule has 0 aliphatic carbocycles. The van der Waals surface area contributed by atoms with E-state index < -0.39 is 0 Å². The third-order valence-electron chi connectivity index (χ3n) is 3.32. The first-order valence-corrected chi connectivity index (χ1v) is 6.56. The SMILES string of the molecule is CC1COCCN1CCOc1ccc(C(=N)N)cc1. The molecular formula is C14H21N3O2. The summed E-state index contributed by atoms with van der Waals surface area (Å²) in [5.74, 6) is 0.889. The second-order valence-corrected chi connectivity index (χ2v) is 4.75. The van der Waals surface area contributed by atoms with Crippen molar-refractivity contribution in [1.82, 2.24) is 4.90 Å². The van der Waals surface area contributed by atoms with Gasteiger partial charge in [-0.1, -0.05) is 0 Å². The van der Waals surface area contributed by atoms with E-state index in [1.165, 1.54) is 0 Å². The monoisotopic (exact) mass is 263 g/mol. The topological polar surface area (TPSA) is 71.6 Å². The highest BCUT2D eigenvalue weighted by Gasteiger charge is 2.17. The smallest absolute Gasteiger partial charge is 0.122 e. The molecule has 0 saturated carbocycles. The predicted molar refractivity (Wildman–Crippen MR) is 74.8 cm³/mol. The molecule has 5 nitrogen and oxygen atoms in total. The Bertz CT molecular complexity index is 419. The summed E-state index contributed by atoms with van der Waals surface area (Å²) < 4.78 is 11.1. The fourth-order valence-corrected chi connectivity index (χ4v) is 2.11. The first-order valence-electron chi connectivity index (χ1n) is 6.56. The first kappa shape index (κ1) is 13.8. The molecule has 1 aromatic rings. The molecule has 0 amide bonds. The van der Waals surface area contributed by atoms with E-state index in [-0.39, 0.29) is 5.84 Å². The molecule has 1 heterocycles. The minimum atomic E-state index is 0.0775. The van der Waals surface area contributed by atoms with Crippen molar-refractivity contribution in [2.24, 2.45) is 5.73 Å². The Morgan fingerprint density at radius 1 is 1.47 bits per heavy atom. The molecule has 1 aliphatic rings. The van der Waals surface area contributed by atoms with E-state index in [1.807, 2.05) is 12.1 Å². The molecule has 1 fully saturated rings. The fraction of sp³-hybridized carbons (Fsp3) is 0.500. The number of benzene rings is 1. The highest BCUT2D eigenvalue weighted by Crippen LogP contribution is 2.12. The van der Waals surface area contributed by atoms with Gasteiger partial charge in [0.15, 0.2) is 0 Å². The van der Waals surface area contributed by atoms with Crippen molar-refractivity contribution in [1.29, 1.82) is 5.41 Å². The third kappa shape index (κ3) is 3.94. The lowest BCUT2D eigenvalue weighted by atomic mass is 10.2. The van der Waals surface area contributed by atoms with Crippen LogP contribution in [0, 0.1) is 5.41 Å². The van der Waals surface area contributed by atoms with E-state index in [9.17, 15) is 0 Å². The Morgan fingerprint density at radius 2 is 2.21 bits per heavy atom. The van der Waals surface area contributed by atoms with Crippen LogP contribution in [0.2, 0.25) is 0 Å². The van der Waals surface area contributed by atoms with Gasteiger partial charge in [0.1, 0.15) is 18.2 Å². The van der Waals surface area contributed by atoms with Gasteiger partial charge in [-0.05, 0) is 31.2 Å². The summed E-state index contributed by atoms with van der Waals surface area (Å²) in [6.07, 6.45) is 0. The molecule has 5 heteroatoms. The van der Waals surface area contributed by atoms with Crippen molar-refractivity contribution in [3.63, 3.8) is 0 Å². The summed E-state index contributed by atoms with van der Waals surface area (Å²) in [6.45, 7) is 6.29. The van der Waals surface area contributed by atoms with Gasteiger partial charge in [-0.3, -0.25) is 10.3 Å². The van der Waals surface area contributed by atoms with Crippen LogP contribution in [0.4, 0.5) is 0 Å². The van der Waals surface area contributed by atoms with Crippen molar-refractivity contribution in [3.8, 4) is 5.75 Å². The van der Waals surface area contributed by atoms with Gasteiger partial charge >= 0.3 is 0 Å². The first-order chi connectivity index (χ1) is 9.16. The molecule has 2 rings (SSSR count). The largest absolute Gasteiger partial charge is 0.492 e. The molecule has 1 aromatic carbocycles. The zero-order chi connectivity index (χ0) is 13.7. The summed E-state index contributed by atoms with van der Waals surface area (Å²) in [6, 6.07) is 7.75. The van der Waals surface area contributed by atoms with E-state index in [0.29, 0.717) is 18.2 Å². The normalized spacial score (nSPS) is 20.2. The number of nitrogens with two attached hydrogens (primary N) is 1. The second kappa shape index (κ2) is 6.54. The van der Waals surface area contributed by atoms with Crippen LogP contribution in [0.3, 0.4) is 0 Å². The lowest BCUT2D eigenvalue weighted by Crippen LogP contribution is -2.45. The Morgan fingerprint density at radius 3 is 2.84 bits per heavy atom. The van der Waals surface area contributed by atoms with Crippen LogP contribution in [-0.4, -0.2) is 49.7 Å². The zero-order valence-corrected chi connectivity index (χ0v) is 11.3. The number of amidine groups is 1. The minimum Gasteiger partial charge on any atom is -0.492 e. The molecule has 1 atom stereocenters. The van der Waals surface area contributed by atoms with Crippen molar-refractivity contribution in [2.75, 3.05) is 32.9 Å². The number of nitrogens with one attached hydrogen (secondary N) is 1. The highest BCUT2D eigenvalue weighted by molar-refractivity contribution is 5.94. The average molecular weight is 263 g/mol. The van der Waals surface area contributed by atoms with Gasteiger partial charge in [-0.2, -0.15) is 0 Å². The van der Waals surface area contributed by atoms with E-state index in [2.05, 4.69) is 11.8 Å². The number of nitrogen functional groups attached to an aromatic ring is 1. The van der Waals surface area contributed by atoms with Crippen LogP contribution in [0.25, 0.3) is 0 Å². The number of hydrogen-bond donors (Lipinski definition) is 2. The Balaban J connectivity index is 1.77. The fourth-order valence-electron chi connectivity index (χ4n) is 2.11. The van der Waals surface area contributed by atoms with Crippen LogP contribution in [0.15, 0.2) is 24.3 Å².